The van der Waals surface area contributed by atoms with Crippen LogP contribution < -0.4 is 14.2 Å². The number of sulfonamides is 1. The Labute approximate surface area is 185 Å². The van der Waals surface area contributed by atoms with Crippen molar-refractivity contribution < 1.29 is 27.4 Å². The van der Waals surface area contributed by atoms with Crippen molar-refractivity contribution in [1.82, 2.24) is 4.57 Å². The second kappa shape index (κ2) is 8.68. The number of nitrogens with zero attached hydrogens (tertiary/aromatic N) is 1. The van der Waals surface area contributed by atoms with Crippen LogP contribution in [0.25, 0.3) is 10.9 Å². The monoisotopic (exact) mass is 466 g/mol. The quantitative estimate of drug-likeness (QED) is 0.526. The van der Waals surface area contributed by atoms with Crippen LogP contribution in [0.1, 0.15) is 23.0 Å². The van der Waals surface area contributed by atoms with Crippen LogP contribution in [0.2, 0.25) is 5.02 Å². The standard InChI is InChI=1S/C21H23ClN2O6S/c1-6-30-21(25)18-12(2)24(3)14-8-10-16(29-5)20(19(14)18)23-31(26,27)17-11-13(22)7-9-15(17)28-4/h7-11,23H,6H2,1-5H3. The molecule has 8 nitrogen and oxygen atoms in total. The number of esters is 1. The number of halogens is 1. The zero-order valence-corrected chi connectivity index (χ0v) is 19.3. The Bertz CT molecular complexity index is 1270. The molecule has 0 aliphatic carbocycles. The second-order valence-electron chi connectivity index (χ2n) is 6.68. The smallest absolute Gasteiger partial charge is 0.340 e. The summed E-state index contributed by atoms with van der Waals surface area (Å²) in [5.74, 6) is -0.189. The molecule has 0 atom stereocenters. The average Bonchev–Trinajstić information content (AvgIpc) is 2.99. The summed E-state index contributed by atoms with van der Waals surface area (Å²) in [6, 6.07) is 7.66. The topological polar surface area (TPSA) is 95.9 Å². The fourth-order valence-corrected chi connectivity index (χ4v) is 4.93. The predicted molar refractivity (Wildman–Crippen MR) is 119 cm³/mol. The van der Waals surface area contributed by atoms with E-state index >= 15 is 0 Å². The molecule has 3 rings (SSSR count). The van der Waals surface area contributed by atoms with Gasteiger partial charge in [0.25, 0.3) is 10.0 Å². The van der Waals surface area contributed by atoms with Gasteiger partial charge in [-0.3, -0.25) is 4.72 Å². The van der Waals surface area contributed by atoms with Gasteiger partial charge in [0.05, 0.1) is 31.9 Å². The number of rotatable bonds is 7. The van der Waals surface area contributed by atoms with E-state index in [9.17, 15) is 13.2 Å². The van der Waals surface area contributed by atoms with Crippen LogP contribution in [-0.4, -0.2) is 39.8 Å². The van der Waals surface area contributed by atoms with E-state index in [1.807, 2.05) is 0 Å². The number of ether oxygens (including phenoxy) is 3. The Kier molecular flexibility index (Phi) is 6.38. The minimum absolute atomic E-state index is 0.119. The molecule has 166 valence electrons. The van der Waals surface area contributed by atoms with Gasteiger partial charge in [0, 0.05) is 23.2 Å². The maximum Gasteiger partial charge on any atom is 0.340 e. The van der Waals surface area contributed by atoms with Crippen LogP contribution in [0.15, 0.2) is 35.2 Å². The molecule has 3 aromatic rings. The highest BCUT2D eigenvalue weighted by Gasteiger charge is 2.28. The fourth-order valence-electron chi connectivity index (χ4n) is 3.41. The highest BCUT2D eigenvalue weighted by Crippen LogP contribution is 2.40. The summed E-state index contributed by atoms with van der Waals surface area (Å²) < 4.78 is 46.8. The second-order valence-corrected chi connectivity index (χ2v) is 8.76. The number of benzene rings is 2. The molecular formula is C21H23ClN2O6S. The lowest BCUT2D eigenvalue weighted by Gasteiger charge is -2.16. The highest BCUT2D eigenvalue weighted by atomic mass is 35.5. The van der Waals surface area contributed by atoms with Crippen LogP contribution in [0, 0.1) is 6.92 Å². The number of aryl methyl sites for hydroxylation is 1. The van der Waals surface area contributed by atoms with Gasteiger partial charge in [0.2, 0.25) is 0 Å². The van der Waals surface area contributed by atoms with Gasteiger partial charge in [-0.1, -0.05) is 11.6 Å². The van der Waals surface area contributed by atoms with Gasteiger partial charge < -0.3 is 18.8 Å². The van der Waals surface area contributed by atoms with Crippen molar-refractivity contribution in [2.24, 2.45) is 7.05 Å². The first-order chi connectivity index (χ1) is 14.7. The van der Waals surface area contributed by atoms with Crippen molar-refractivity contribution >= 4 is 44.2 Å². The Hall–Kier alpha value is -2.91. The molecule has 10 heteroatoms. The van der Waals surface area contributed by atoms with E-state index in [0.717, 1.165) is 0 Å². The summed E-state index contributed by atoms with van der Waals surface area (Å²) in [5.41, 5.74) is 1.64. The largest absolute Gasteiger partial charge is 0.495 e. The van der Waals surface area contributed by atoms with Gasteiger partial charge in [-0.2, -0.15) is 0 Å². The number of carbonyl (C=O) groups excluding carboxylic acids is 1. The maximum absolute atomic E-state index is 13.3. The fraction of sp³-hybridized carbons (Fsp3) is 0.286. The van der Waals surface area contributed by atoms with Crippen molar-refractivity contribution in [3.05, 3.63) is 46.6 Å². The first-order valence-corrected chi connectivity index (χ1v) is 11.2. The number of methoxy groups -OCH3 is 2. The van der Waals surface area contributed by atoms with Crippen LogP contribution in [0.4, 0.5) is 5.69 Å². The number of fused-ring (bicyclic) bond motifs is 1. The summed E-state index contributed by atoms with van der Waals surface area (Å²) in [5, 5.41) is 0.608. The Morgan fingerprint density at radius 1 is 1.13 bits per heavy atom. The molecule has 1 N–H and O–H groups in total. The number of hydrogen-bond acceptors (Lipinski definition) is 6. The lowest BCUT2D eigenvalue weighted by molar-refractivity contribution is 0.0527. The summed E-state index contributed by atoms with van der Waals surface area (Å²) in [4.78, 5) is 12.6. The minimum Gasteiger partial charge on any atom is -0.495 e. The average molecular weight is 467 g/mol. The zero-order chi connectivity index (χ0) is 22.9. The van der Waals surface area contributed by atoms with Crippen molar-refractivity contribution in [3.8, 4) is 11.5 Å². The van der Waals surface area contributed by atoms with Gasteiger partial charge in [-0.05, 0) is 44.2 Å². The molecular weight excluding hydrogens is 444 g/mol. The van der Waals surface area contributed by atoms with Gasteiger partial charge in [0.15, 0.2) is 0 Å². The third kappa shape index (κ3) is 4.03. The molecule has 0 saturated heterocycles. The number of carbonyl (C=O) groups is 1. The summed E-state index contributed by atoms with van der Waals surface area (Å²) in [6.07, 6.45) is 0. The number of hydrogen-bond donors (Lipinski definition) is 1. The Balaban J connectivity index is 2.30. The Morgan fingerprint density at radius 2 is 1.77 bits per heavy atom. The highest BCUT2D eigenvalue weighted by molar-refractivity contribution is 7.92. The lowest BCUT2D eigenvalue weighted by atomic mass is 10.1. The van der Waals surface area contributed by atoms with Crippen LogP contribution in [-0.2, 0) is 21.8 Å². The van der Waals surface area contributed by atoms with Crippen molar-refractivity contribution in [3.63, 3.8) is 0 Å². The normalized spacial score (nSPS) is 11.4. The number of nitrogens with one attached hydrogen (secondary N) is 1. The Morgan fingerprint density at radius 3 is 2.39 bits per heavy atom. The van der Waals surface area contributed by atoms with E-state index in [2.05, 4.69) is 4.72 Å². The third-order valence-corrected chi connectivity index (χ3v) is 6.58. The molecule has 0 aliphatic rings. The molecule has 1 aromatic heterocycles. The molecule has 0 radical (unpaired) electrons. The summed E-state index contributed by atoms with van der Waals surface area (Å²) >= 11 is 6.03. The number of anilines is 1. The van der Waals surface area contributed by atoms with Gasteiger partial charge >= 0.3 is 5.97 Å². The van der Waals surface area contributed by atoms with Gasteiger partial charge in [-0.25, -0.2) is 13.2 Å². The molecule has 1 heterocycles. The van der Waals surface area contributed by atoms with Gasteiger partial charge in [0.1, 0.15) is 22.1 Å². The number of aromatic nitrogens is 1. The van der Waals surface area contributed by atoms with E-state index < -0.39 is 16.0 Å². The molecule has 0 amide bonds. The maximum atomic E-state index is 13.3. The molecule has 0 saturated carbocycles. The van der Waals surface area contributed by atoms with Gasteiger partial charge in [-0.15, -0.1) is 0 Å². The molecule has 0 spiro atoms. The molecule has 0 unspecified atom stereocenters. The first kappa shape index (κ1) is 22.8. The van der Waals surface area contributed by atoms with Crippen LogP contribution >= 0.6 is 11.6 Å². The summed E-state index contributed by atoms with van der Waals surface area (Å²) in [6.45, 7) is 3.64. The van der Waals surface area contributed by atoms with Crippen molar-refractivity contribution in [2.75, 3.05) is 25.5 Å². The molecule has 0 aliphatic heterocycles. The van der Waals surface area contributed by atoms with E-state index in [1.165, 1.54) is 32.4 Å². The third-order valence-electron chi connectivity index (χ3n) is 4.97. The summed E-state index contributed by atoms with van der Waals surface area (Å²) in [7, 11) is 0.401. The molecule has 2 aromatic carbocycles. The molecule has 0 fully saturated rings. The van der Waals surface area contributed by atoms with Crippen molar-refractivity contribution in [2.45, 2.75) is 18.7 Å². The van der Waals surface area contributed by atoms with E-state index in [4.69, 9.17) is 25.8 Å². The van der Waals surface area contributed by atoms with Crippen LogP contribution in [0.3, 0.4) is 0 Å². The minimum atomic E-state index is -4.16. The lowest BCUT2D eigenvalue weighted by Crippen LogP contribution is -2.16. The van der Waals surface area contributed by atoms with Crippen LogP contribution in [0.5, 0.6) is 11.5 Å². The SMILES string of the molecule is CCOC(=O)c1c(C)n(C)c2ccc(OC)c(NS(=O)(=O)c3cc(Cl)ccc3OC)c12. The van der Waals surface area contributed by atoms with E-state index in [0.29, 0.717) is 16.6 Å². The first-order valence-electron chi connectivity index (χ1n) is 9.35. The van der Waals surface area contributed by atoms with Crippen molar-refractivity contribution in [1.29, 1.82) is 0 Å². The zero-order valence-electron chi connectivity index (χ0n) is 17.8. The predicted octanol–water partition coefficient (Wildman–Crippen LogP) is 4.13. The van der Waals surface area contributed by atoms with E-state index in [1.54, 1.807) is 37.6 Å². The molecule has 0 bridgehead atoms. The molecule has 31 heavy (non-hydrogen) atoms. The van der Waals surface area contributed by atoms with E-state index in [-0.39, 0.29) is 39.3 Å².